The molecular formula is C21H28N4O2S. The average molecular weight is 401 g/mol. The summed E-state index contributed by atoms with van der Waals surface area (Å²) in [6.07, 6.45) is 8.14. The molecule has 1 aliphatic carbocycles. The Morgan fingerprint density at radius 3 is 2.64 bits per heavy atom. The maximum absolute atomic E-state index is 12.5. The van der Waals surface area contributed by atoms with E-state index in [1.165, 1.54) is 16.9 Å². The summed E-state index contributed by atoms with van der Waals surface area (Å²) >= 11 is 1.53. The van der Waals surface area contributed by atoms with E-state index in [1.54, 1.807) is 13.1 Å². The van der Waals surface area contributed by atoms with Gasteiger partial charge in [-0.25, -0.2) is 4.68 Å². The molecule has 150 valence electrons. The second-order valence-electron chi connectivity index (χ2n) is 8.01. The van der Waals surface area contributed by atoms with Gasteiger partial charge in [0.2, 0.25) is 5.91 Å². The first-order chi connectivity index (χ1) is 13.6. The van der Waals surface area contributed by atoms with Crippen molar-refractivity contribution in [2.45, 2.75) is 58.0 Å². The van der Waals surface area contributed by atoms with Gasteiger partial charge >= 0.3 is 0 Å². The molecule has 3 heterocycles. The van der Waals surface area contributed by atoms with Crippen molar-refractivity contribution in [3.05, 3.63) is 34.2 Å². The van der Waals surface area contributed by atoms with E-state index in [-0.39, 0.29) is 17.6 Å². The molecule has 2 aromatic rings. The second kappa shape index (κ2) is 8.57. The van der Waals surface area contributed by atoms with Crippen molar-refractivity contribution in [3.63, 3.8) is 0 Å². The monoisotopic (exact) mass is 400 g/mol. The molecule has 1 saturated heterocycles. The Morgan fingerprint density at radius 1 is 1.21 bits per heavy atom. The molecule has 0 unspecified atom stereocenters. The largest absolute Gasteiger partial charge is 0.311 e. The first kappa shape index (κ1) is 19.3. The summed E-state index contributed by atoms with van der Waals surface area (Å²) in [5.41, 5.74) is 1.22. The maximum atomic E-state index is 12.5. The van der Waals surface area contributed by atoms with Crippen molar-refractivity contribution in [1.29, 1.82) is 0 Å². The fraction of sp³-hybridized carbons (Fsp3) is 0.571. The lowest BCUT2D eigenvalue weighted by molar-refractivity contribution is -0.119. The number of amides is 1. The van der Waals surface area contributed by atoms with Gasteiger partial charge in [-0.1, -0.05) is 12.8 Å². The van der Waals surface area contributed by atoms with Crippen LogP contribution in [0.3, 0.4) is 0 Å². The van der Waals surface area contributed by atoms with Crippen LogP contribution in [0.25, 0.3) is 0 Å². The third kappa shape index (κ3) is 4.36. The summed E-state index contributed by atoms with van der Waals surface area (Å²) in [5.74, 6) is 1.28. The number of piperidine rings is 1. The van der Waals surface area contributed by atoms with E-state index in [0.717, 1.165) is 68.9 Å². The lowest BCUT2D eigenvalue weighted by atomic mass is 10.0. The molecule has 2 fully saturated rings. The number of ketones is 1. The fourth-order valence-corrected chi connectivity index (χ4v) is 5.15. The Morgan fingerprint density at radius 2 is 1.96 bits per heavy atom. The topological polar surface area (TPSA) is 67.2 Å². The van der Waals surface area contributed by atoms with E-state index in [0.29, 0.717) is 6.04 Å². The summed E-state index contributed by atoms with van der Waals surface area (Å²) in [7, 11) is 0. The summed E-state index contributed by atoms with van der Waals surface area (Å²) in [6, 6.07) is 4.25. The number of carbonyl (C=O) groups excluding carboxylic acids is 2. The van der Waals surface area contributed by atoms with Gasteiger partial charge in [-0.3, -0.25) is 14.5 Å². The van der Waals surface area contributed by atoms with Gasteiger partial charge in [0, 0.05) is 31.6 Å². The van der Waals surface area contributed by atoms with E-state index >= 15 is 0 Å². The van der Waals surface area contributed by atoms with Gasteiger partial charge in [0.05, 0.1) is 17.1 Å². The summed E-state index contributed by atoms with van der Waals surface area (Å²) in [6.45, 7) is 4.49. The third-order valence-electron chi connectivity index (χ3n) is 5.96. The molecule has 1 saturated carbocycles. The zero-order valence-electron chi connectivity index (χ0n) is 16.4. The molecule has 1 N–H and O–H groups in total. The number of aromatic nitrogens is 2. The maximum Gasteiger partial charge on any atom is 0.228 e. The third-order valence-corrected chi connectivity index (χ3v) is 7.04. The SMILES string of the molecule is CC(=O)c1cc(CN2CCC(n3nccc3NC(=O)C3CCCC3)CC2)cs1. The number of Topliss-reactive ketones (excluding diaryl/α,β-unsaturated/α-hetero) is 1. The van der Waals surface area contributed by atoms with Crippen LogP contribution in [0.5, 0.6) is 0 Å². The zero-order chi connectivity index (χ0) is 19.5. The zero-order valence-corrected chi connectivity index (χ0v) is 17.2. The molecule has 2 aromatic heterocycles. The van der Waals surface area contributed by atoms with E-state index in [1.807, 2.05) is 16.8 Å². The van der Waals surface area contributed by atoms with Gasteiger partial charge < -0.3 is 5.32 Å². The highest BCUT2D eigenvalue weighted by Gasteiger charge is 2.26. The summed E-state index contributed by atoms with van der Waals surface area (Å²) in [4.78, 5) is 27.2. The second-order valence-corrected chi connectivity index (χ2v) is 8.93. The van der Waals surface area contributed by atoms with Crippen molar-refractivity contribution in [2.75, 3.05) is 18.4 Å². The van der Waals surface area contributed by atoms with Crippen LogP contribution in [0.15, 0.2) is 23.7 Å². The van der Waals surface area contributed by atoms with Crippen molar-refractivity contribution >= 4 is 28.8 Å². The molecule has 1 aliphatic heterocycles. The van der Waals surface area contributed by atoms with E-state index in [4.69, 9.17) is 0 Å². The minimum absolute atomic E-state index is 0.140. The molecule has 0 atom stereocenters. The predicted octanol–water partition coefficient (Wildman–Crippen LogP) is 4.11. The van der Waals surface area contributed by atoms with Gasteiger partial charge in [-0.05, 0) is 49.6 Å². The predicted molar refractivity (Wildman–Crippen MR) is 111 cm³/mol. The first-order valence-corrected chi connectivity index (χ1v) is 11.1. The van der Waals surface area contributed by atoms with E-state index < -0.39 is 0 Å². The van der Waals surface area contributed by atoms with Gasteiger partial charge in [0.25, 0.3) is 0 Å². The van der Waals surface area contributed by atoms with E-state index in [9.17, 15) is 9.59 Å². The summed E-state index contributed by atoms with van der Waals surface area (Å²) < 4.78 is 2.00. The lowest BCUT2D eigenvalue weighted by Gasteiger charge is -2.32. The van der Waals surface area contributed by atoms with E-state index in [2.05, 4.69) is 20.7 Å². The van der Waals surface area contributed by atoms with Crippen molar-refractivity contribution < 1.29 is 9.59 Å². The smallest absolute Gasteiger partial charge is 0.228 e. The molecule has 6 nitrogen and oxygen atoms in total. The number of anilines is 1. The van der Waals surface area contributed by atoms with Crippen molar-refractivity contribution in [3.8, 4) is 0 Å². The minimum Gasteiger partial charge on any atom is -0.311 e. The van der Waals surface area contributed by atoms with Crippen LogP contribution in [-0.4, -0.2) is 39.5 Å². The number of hydrogen-bond acceptors (Lipinski definition) is 5. The van der Waals surface area contributed by atoms with Crippen LogP contribution in [0.1, 0.15) is 66.7 Å². The van der Waals surface area contributed by atoms with Gasteiger partial charge in [-0.2, -0.15) is 5.10 Å². The highest BCUT2D eigenvalue weighted by molar-refractivity contribution is 7.12. The molecule has 1 amide bonds. The number of thiophene rings is 1. The fourth-order valence-electron chi connectivity index (χ4n) is 4.34. The van der Waals surface area contributed by atoms with Crippen LogP contribution >= 0.6 is 11.3 Å². The Hall–Kier alpha value is -1.99. The molecule has 0 spiro atoms. The molecule has 7 heteroatoms. The molecule has 2 aliphatic rings. The minimum atomic E-state index is 0.140. The Bertz CT molecular complexity index is 829. The first-order valence-electron chi connectivity index (χ1n) is 10.3. The number of nitrogens with one attached hydrogen (secondary N) is 1. The average Bonchev–Trinajstić information content (AvgIpc) is 3.44. The lowest BCUT2D eigenvalue weighted by Crippen LogP contribution is -2.35. The van der Waals surface area contributed by atoms with Crippen LogP contribution in [0.4, 0.5) is 5.82 Å². The van der Waals surface area contributed by atoms with Crippen LogP contribution in [-0.2, 0) is 11.3 Å². The highest BCUT2D eigenvalue weighted by atomic mass is 32.1. The molecule has 0 bridgehead atoms. The summed E-state index contributed by atoms with van der Waals surface area (Å²) in [5, 5.41) is 9.70. The molecular weight excluding hydrogens is 372 g/mol. The molecule has 0 aromatic carbocycles. The standard InChI is InChI=1S/C21H28N4O2S/c1-15(26)19-12-16(14-28-19)13-24-10-7-18(8-11-24)25-20(6-9-22-25)23-21(27)17-4-2-3-5-17/h6,9,12,14,17-18H,2-5,7-8,10-11,13H2,1H3,(H,23,27). The number of carbonyl (C=O) groups is 2. The molecule has 4 rings (SSSR count). The van der Waals surface area contributed by atoms with Crippen LogP contribution in [0, 0.1) is 5.92 Å². The number of likely N-dealkylation sites (tertiary alicyclic amines) is 1. The number of hydrogen-bond donors (Lipinski definition) is 1. The Balaban J connectivity index is 1.32. The van der Waals surface area contributed by atoms with Crippen molar-refractivity contribution in [1.82, 2.24) is 14.7 Å². The van der Waals surface area contributed by atoms with Gasteiger partial charge in [0.15, 0.2) is 5.78 Å². The van der Waals surface area contributed by atoms with Crippen molar-refractivity contribution in [2.24, 2.45) is 5.92 Å². The molecule has 28 heavy (non-hydrogen) atoms. The van der Waals surface area contributed by atoms with Crippen LogP contribution in [0.2, 0.25) is 0 Å². The van der Waals surface area contributed by atoms with Crippen LogP contribution < -0.4 is 5.32 Å². The van der Waals surface area contributed by atoms with Gasteiger partial charge in [0.1, 0.15) is 5.82 Å². The normalized spacial score (nSPS) is 19.2. The highest BCUT2D eigenvalue weighted by Crippen LogP contribution is 2.29. The number of nitrogens with zero attached hydrogens (tertiary/aromatic N) is 3. The molecule has 0 radical (unpaired) electrons. The van der Waals surface area contributed by atoms with Gasteiger partial charge in [-0.15, -0.1) is 11.3 Å². The number of rotatable bonds is 6. The Kier molecular flexibility index (Phi) is 5.92. The quantitative estimate of drug-likeness (QED) is 0.741. The Labute approximate surface area is 169 Å².